The molecule has 30 heavy (non-hydrogen) atoms. The fraction of sp³-hybridized carbons (Fsp3) is 0.583. The zero-order valence-corrected chi connectivity index (χ0v) is 17.8. The minimum absolute atomic E-state index is 0.0796. The summed E-state index contributed by atoms with van der Waals surface area (Å²) in [5, 5.41) is 15.6. The summed E-state index contributed by atoms with van der Waals surface area (Å²) in [7, 11) is 2.21. The van der Waals surface area contributed by atoms with Crippen molar-refractivity contribution in [3.63, 3.8) is 0 Å². The summed E-state index contributed by atoms with van der Waals surface area (Å²) in [6.07, 6.45) is 7.92. The molecule has 6 heteroatoms. The SMILES string of the molecule is C[N+]1(CCc2ccon2)CCCC(OC(=O)[C@](O)(c2ccccc2)C2CCCC2)C1. The molecule has 1 saturated carbocycles. The number of piperidine rings is 1. The third-order valence-corrected chi connectivity index (χ3v) is 7.01. The van der Waals surface area contributed by atoms with Gasteiger partial charge in [0, 0.05) is 24.8 Å². The number of hydrogen-bond acceptors (Lipinski definition) is 5. The van der Waals surface area contributed by atoms with E-state index in [0.29, 0.717) is 5.56 Å². The van der Waals surface area contributed by atoms with Crippen LogP contribution in [0.1, 0.15) is 49.8 Å². The van der Waals surface area contributed by atoms with Crippen LogP contribution in [-0.2, 0) is 21.6 Å². The molecule has 4 rings (SSSR count). The second kappa shape index (κ2) is 8.90. The largest absolute Gasteiger partial charge is 0.454 e. The van der Waals surface area contributed by atoms with Gasteiger partial charge < -0.3 is 18.8 Å². The molecule has 1 aliphatic heterocycles. The van der Waals surface area contributed by atoms with Crippen LogP contribution in [-0.4, -0.2) is 53.5 Å². The molecular formula is C24H33N2O4+. The van der Waals surface area contributed by atoms with Gasteiger partial charge in [0.1, 0.15) is 12.8 Å². The number of aromatic nitrogens is 1. The number of esters is 1. The Labute approximate surface area is 178 Å². The minimum Gasteiger partial charge on any atom is -0.454 e. The van der Waals surface area contributed by atoms with Crippen LogP contribution >= 0.6 is 0 Å². The molecule has 1 aliphatic carbocycles. The smallest absolute Gasteiger partial charge is 0.343 e. The Kier molecular flexibility index (Phi) is 6.25. The molecule has 3 atom stereocenters. The molecule has 2 unspecified atom stereocenters. The summed E-state index contributed by atoms with van der Waals surface area (Å²) < 4.78 is 11.8. The summed E-state index contributed by atoms with van der Waals surface area (Å²) in [6.45, 7) is 2.74. The molecule has 0 amide bonds. The second-order valence-corrected chi connectivity index (χ2v) is 9.27. The molecule has 2 aromatic rings. The molecule has 1 aromatic carbocycles. The number of benzene rings is 1. The minimum atomic E-state index is -1.56. The van der Waals surface area contributed by atoms with Crippen molar-refractivity contribution in [1.82, 2.24) is 5.16 Å². The lowest BCUT2D eigenvalue weighted by atomic mass is 9.80. The maximum Gasteiger partial charge on any atom is 0.343 e. The Morgan fingerprint density at radius 2 is 1.97 bits per heavy atom. The Morgan fingerprint density at radius 1 is 1.20 bits per heavy atom. The molecule has 0 radical (unpaired) electrons. The van der Waals surface area contributed by atoms with E-state index in [9.17, 15) is 9.90 Å². The van der Waals surface area contributed by atoms with E-state index in [4.69, 9.17) is 9.26 Å². The predicted octanol–water partition coefficient (Wildman–Crippen LogP) is 3.45. The number of hydrogen-bond donors (Lipinski definition) is 1. The number of carbonyl (C=O) groups excluding carboxylic acids is 1. The van der Waals surface area contributed by atoms with Gasteiger partial charge >= 0.3 is 5.97 Å². The van der Waals surface area contributed by atoms with E-state index in [1.807, 2.05) is 36.4 Å². The van der Waals surface area contributed by atoms with Crippen molar-refractivity contribution in [2.75, 3.05) is 26.7 Å². The molecule has 2 aliphatic rings. The number of rotatable bonds is 7. The molecule has 0 spiro atoms. The highest BCUT2D eigenvalue weighted by atomic mass is 16.6. The lowest BCUT2D eigenvalue weighted by Gasteiger charge is -2.42. The van der Waals surface area contributed by atoms with Gasteiger partial charge in [0.25, 0.3) is 0 Å². The average Bonchev–Trinajstić information content (AvgIpc) is 3.47. The average molecular weight is 414 g/mol. The van der Waals surface area contributed by atoms with E-state index in [1.54, 1.807) is 6.26 Å². The van der Waals surface area contributed by atoms with Gasteiger partial charge in [0.15, 0.2) is 11.7 Å². The third-order valence-electron chi connectivity index (χ3n) is 7.01. The van der Waals surface area contributed by atoms with Crippen LogP contribution in [0.5, 0.6) is 0 Å². The third kappa shape index (κ3) is 4.44. The number of likely N-dealkylation sites (N-methyl/N-ethyl adjacent to an activating group) is 1. The summed E-state index contributed by atoms with van der Waals surface area (Å²) in [4.78, 5) is 13.4. The first-order valence-electron chi connectivity index (χ1n) is 11.2. The normalized spacial score (nSPS) is 26.9. The van der Waals surface area contributed by atoms with Crippen LogP contribution in [0, 0.1) is 5.92 Å². The lowest BCUT2D eigenvalue weighted by molar-refractivity contribution is -0.916. The van der Waals surface area contributed by atoms with Crippen molar-refractivity contribution in [3.8, 4) is 0 Å². The van der Waals surface area contributed by atoms with E-state index in [-0.39, 0.29) is 12.0 Å². The number of ether oxygens (including phenoxy) is 1. The Hall–Kier alpha value is -2.18. The predicted molar refractivity (Wildman–Crippen MR) is 112 cm³/mol. The summed E-state index contributed by atoms with van der Waals surface area (Å²) in [5.41, 5.74) is 0.0495. The molecule has 2 heterocycles. The molecule has 0 bridgehead atoms. The number of nitrogens with zero attached hydrogens (tertiary/aromatic N) is 2. The van der Waals surface area contributed by atoms with Crippen molar-refractivity contribution >= 4 is 5.97 Å². The van der Waals surface area contributed by atoms with Gasteiger partial charge in [0.2, 0.25) is 0 Å². The second-order valence-electron chi connectivity index (χ2n) is 9.27. The van der Waals surface area contributed by atoms with Gasteiger partial charge in [-0.15, -0.1) is 0 Å². The van der Waals surface area contributed by atoms with E-state index in [1.165, 1.54) is 0 Å². The molecule has 1 saturated heterocycles. The van der Waals surface area contributed by atoms with Crippen molar-refractivity contribution in [2.24, 2.45) is 5.92 Å². The molecular weight excluding hydrogens is 380 g/mol. The van der Waals surface area contributed by atoms with Crippen LogP contribution in [0.2, 0.25) is 0 Å². The van der Waals surface area contributed by atoms with E-state index in [0.717, 1.165) is 74.8 Å². The van der Waals surface area contributed by atoms with Gasteiger partial charge in [-0.1, -0.05) is 48.3 Å². The Morgan fingerprint density at radius 3 is 2.67 bits per heavy atom. The van der Waals surface area contributed by atoms with Crippen LogP contribution < -0.4 is 0 Å². The molecule has 2 fully saturated rings. The summed E-state index contributed by atoms with van der Waals surface area (Å²) >= 11 is 0. The fourth-order valence-electron chi connectivity index (χ4n) is 5.22. The van der Waals surface area contributed by atoms with Gasteiger partial charge in [-0.3, -0.25) is 0 Å². The van der Waals surface area contributed by atoms with Crippen molar-refractivity contribution in [3.05, 3.63) is 53.9 Å². The highest BCUT2D eigenvalue weighted by Gasteiger charge is 2.49. The summed E-state index contributed by atoms with van der Waals surface area (Å²) in [5.74, 6) is -0.556. The van der Waals surface area contributed by atoms with Gasteiger partial charge in [0.05, 0.1) is 25.8 Å². The van der Waals surface area contributed by atoms with Gasteiger partial charge in [-0.2, -0.15) is 0 Å². The lowest BCUT2D eigenvalue weighted by Crippen LogP contribution is -2.56. The highest BCUT2D eigenvalue weighted by molar-refractivity contribution is 5.81. The first-order valence-corrected chi connectivity index (χ1v) is 11.2. The maximum absolute atomic E-state index is 13.4. The molecule has 162 valence electrons. The molecule has 1 aromatic heterocycles. The van der Waals surface area contributed by atoms with Gasteiger partial charge in [-0.05, 0) is 24.8 Å². The first kappa shape index (κ1) is 21.1. The fourth-order valence-corrected chi connectivity index (χ4v) is 5.22. The van der Waals surface area contributed by atoms with Crippen LogP contribution in [0.25, 0.3) is 0 Å². The zero-order chi connectivity index (χ0) is 21.0. The number of quaternary nitrogens is 1. The Bertz CT molecular complexity index is 819. The maximum atomic E-state index is 13.4. The van der Waals surface area contributed by atoms with Crippen LogP contribution in [0.4, 0.5) is 0 Å². The first-order chi connectivity index (χ1) is 14.5. The number of likely N-dealkylation sites (tertiary alicyclic amines) is 1. The van der Waals surface area contributed by atoms with Crippen molar-refractivity contribution < 1.29 is 23.6 Å². The quantitative estimate of drug-likeness (QED) is 0.556. The zero-order valence-electron chi connectivity index (χ0n) is 17.8. The van der Waals surface area contributed by atoms with Crippen LogP contribution in [0.15, 0.2) is 47.2 Å². The van der Waals surface area contributed by atoms with Crippen molar-refractivity contribution in [1.29, 1.82) is 0 Å². The van der Waals surface area contributed by atoms with Crippen molar-refractivity contribution in [2.45, 2.75) is 56.7 Å². The van der Waals surface area contributed by atoms with E-state index in [2.05, 4.69) is 12.2 Å². The Balaban J connectivity index is 1.45. The van der Waals surface area contributed by atoms with E-state index < -0.39 is 11.6 Å². The summed E-state index contributed by atoms with van der Waals surface area (Å²) in [6, 6.07) is 11.2. The monoisotopic (exact) mass is 413 g/mol. The number of carbonyl (C=O) groups is 1. The number of aliphatic hydroxyl groups is 1. The highest BCUT2D eigenvalue weighted by Crippen LogP contribution is 2.42. The van der Waals surface area contributed by atoms with Crippen LogP contribution in [0.3, 0.4) is 0 Å². The molecule has 6 nitrogen and oxygen atoms in total. The van der Waals surface area contributed by atoms with E-state index >= 15 is 0 Å². The topological polar surface area (TPSA) is 72.6 Å². The molecule has 1 N–H and O–H groups in total. The van der Waals surface area contributed by atoms with Gasteiger partial charge in [-0.25, -0.2) is 4.79 Å². The standard InChI is InChI=1S/C24H33N2O4/c1-26(16-13-21-14-17-29-25-21)15-7-12-22(18-26)30-23(27)24(28,20-10-5-6-11-20)19-8-3-2-4-9-19/h2-4,8-9,14,17,20,22,28H,5-7,10-13,15-16,18H2,1H3/q+1/t22?,24-,26?/m0/s1.